The van der Waals surface area contributed by atoms with E-state index in [-0.39, 0.29) is 5.91 Å². The van der Waals surface area contributed by atoms with E-state index >= 15 is 0 Å². The molecule has 0 unspecified atom stereocenters. The second-order valence-electron chi connectivity index (χ2n) is 5.48. The maximum atomic E-state index is 12.6. The number of hydrogen-bond donors (Lipinski definition) is 0. The van der Waals surface area contributed by atoms with E-state index in [1.807, 2.05) is 65.1 Å². The molecule has 2 aromatic heterocycles. The van der Waals surface area contributed by atoms with Crippen LogP contribution in [0.2, 0.25) is 0 Å². The number of nitrogens with zero attached hydrogens (tertiary/aromatic N) is 4. The van der Waals surface area contributed by atoms with Gasteiger partial charge in [0, 0.05) is 17.1 Å². The van der Waals surface area contributed by atoms with Crippen molar-refractivity contribution in [2.75, 3.05) is 12.3 Å². The van der Waals surface area contributed by atoms with E-state index in [1.54, 1.807) is 11.3 Å². The first-order chi connectivity index (χ1) is 12.2. The molecule has 0 saturated heterocycles. The molecule has 5 nitrogen and oxygen atoms in total. The maximum absolute atomic E-state index is 12.6. The van der Waals surface area contributed by atoms with E-state index in [2.05, 4.69) is 16.3 Å². The molecule has 0 aliphatic carbocycles. The zero-order valence-electron chi connectivity index (χ0n) is 14.3. The molecule has 0 aliphatic heterocycles. The minimum absolute atomic E-state index is 0.112. The summed E-state index contributed by atoms with van der Waals surface area (Å²) in [6, 6.07) is 14.0. The third kappa shape index (κ3) is 4.29. The van der Waals surface area contributed by atoms with Crippen molar-refractivity contribution in [3.63, 3.8) is 0 Å². The van der Waals surface area contributed by atoms with E-state index in [0.717, 1.165) is 16.7 Å². The topological polar surface area (TPSA) is 51.0 Å². The Hall–Kier alpha value is -2.12. The number of rotatable bonds is 7. The van der Waals surface area contributed by atoms with Crippen molar-refractivity contribution in [2.24, 2.45) is 0 Å². The number of amides is 1. The summed E-state index contributed by atoms with van der Waals surface area (Å²) >= 11 is 3.10. The van der Waals surface area contributed by atoms with Crippen LogP contribution in [0.25, 0.3) is 5.69 Å². The predicted octanol–water partition coefficient (Wildman–Crippen LogP) is 3.78. The van der Waals surface area contributed by atoms with E-state index < -0.39 is 0 Å². The second-order valence-corrected chi connectivity index (χ2v) is 7.45. The number of thiophene rings is 1. The molecule has 2 heterocycles. The van der Waals surface area contributed by atoms with Gasteiger partial charge in [-0.3, -0.25) is 9.36 Å². The van der Waals surface area contributed by atoms with Crippen LogP contribution in [0.1, 0.15) is 17.6 Å². The van der Waals surface area contributed by atoms with Crippen molar-refractivity contribution in [3.05, 3.63) is 58.5 Å². The van der Waals surface area contributed by atoms with E-state index in [1.165, 1.54) is 16.6 Å². The lowest BCUT2D eigenvalue weighted by Gasteiger charge is -2.19. The summed E-state index contributed by atoms with van der Waals surface area (Å²) in [5.41, 5.74) is 1.01. The fourth-order valence-corrected chi connectivity index (χ4v) is 4.12. The van der Waals surface area contributed by atoms with Crippen LogP contribution in [-0.2, 0) is 11.3 Å². The van der Waals surface area contributed by atoms with Crippen molar-refractivity contribution in [3.8, 4) is 5.69 Å². The summed E-state index contributed by atoms with van der Waals surface area (Å²) in [6.45, 7) is 5.29. The van der Waals surface area contributed by atoms with Crippen molar-refractivity contribution in [2.45, 2.75) is 25.5 Å². The molecule has 3 aromatic rings. The first kappa shape index (κ1) is 17.7. The van der Waals surface area contributed by atoms with E-state index in [9.17, 15) is 4.79 Å². The lowest BCUT2D eigenvalue weighted by Crippen LogP contribution is -2.31. The van der Waals surface area contributed by atoms with Gasteiger partial charge in [0.05, 0.1) is 12.3 Å². The molecule has 0 radical (unpaired) electrons. The SMILES string of the molecule is CCN(Cc1cccs1)C(=O)CSc1nnc(C)n1-c1ccccc1. The average molecular weight is 373 g/mol. The van der Waals surface area contributed by atoms with Gasteiger partial charge in [0.25, 0.3) is 0 Å². The normalized spacial score (nSPS) is 10.8. The van der Waals surface area contributed by atoms with Gasteiger partial charge in [0.1, 0.15) is 5.82 Å². The average Bonchev–Trinajstić information content (AvgIpc) is 3.28. The smallest absolute Gasteiger partial charge is 0.233 e. The van der Waals surface area contributed by atoms with Gasteiger partial charge in [-0.25, -0.2) is 0 Å². The van der Waals surface area contributed by atoms with Gasteiger partial charge in [-0.2, -0.15) is 0 Å². The quantitative estimate of drug-likeness (QED) is 0.592. The highest BCUT2D eigenvalue weighted by Gasteiger charge is 2.17. The highest BCUT2D eigenvalue weighted by molar-refractivity contribution is 7.99. The number of benzene rings is 1. The Morgan fingerprint density at radius 2 is 2.00 bits per heavy atom. The lowest BCUT2D eigenvalue weighted by atomic mass is 10.3. The third-order valence-corrected chi connectivity index (χ3v) is 5.57. The van der Waals surface area contributed by atoms with Crippen LogP contribution in [-0.4, -0.2) is 37.9 Å². The Morgan fingerprint density at radius 1 is 1.20 bits per heavy atom. The molecular weight excluding hydrogens is 352 g/mol. The third-order valence-electron chi connectivity index (χ3n) is 3.80. The van der Waals surface area contributed by atoms with Gasteiger partial charge in [-0.1, -0.05) is 36.0 Å². The van der Waals surface area contributed by atoms with Gasteiger partial charge < -0.3 is 4.90 Å². The van der Waals surface area contributed by atoms with Gasteiger partial charge in [0.15, 0.2) is 5.16 Å². The summed E-state index contributed by atoms with van der Waals surface area (Å²) in [4.78, 5) is 15.6. The maximum Gasteiger partial charge on any atom is 0.233 e. The Labute approximate surface area is 155 Å². The number of para-hydroxylation sites is 1. The Morgan fingerprint density at radius 3 is 2.68 bits per heavy atom. The Bertz CT molecular complexity index is 815. The molecule has 0 fully saturated rings. The number of thioether (sulfide) groups is 1. The zero-order valence-corrected chi connectivity index (χ0v) is 15.9. The fourth-order valence-electron chi connectivity index (χ4n) is 2.50. The minimum Gasteiger partial charge on any atom is -0.337 e. The summed E-state index contributed by atoms with van der Waals surface area (Å²) in [7, 11) is 0. The van der Waals surface area contributed by atoms with Crippen LogP contribution in [0.3, 0.4) is 0 Å². The minimum atomic E-state index is 0.112. The number of carbonyl (C=O) groups is 1. The standard InChI is InChI=1S/C18H20N4OS2/c1-3-21(12-16-10-7-11-24-16)17(23)13-25-18-20-19-14(2)22(18)15-8-5-4-6-9-15/h4-11H,3,12-13H2,1-2H3. The van der Waals surface area contributed by atoms with Crippen molar-refractivity contribution >= 4 is 29.0 Å². The predicted molar refractivity (Wildman–Crippen MR) is 102 cm³/mol. The Kier molecular flexibility index (Phi) is 5.88. The second kappa shape index (κ2) is 8.31. The molecule has 0 aliphatic rings. The lowest BCUT2D eigenvalue weighted by molar-refractivity contribution is -0.128. The van der Waals surface area contributed by atoms with Crippen molar-refractivity contribution < 1.29 is 4.79 Å². The van der Waals surface area contributed by atoms with Crippen LogP contribution in [0.4, 0.5) is 0 Å². The van der Waals surface area contributed by atoms with Crippen LogP contribution in [0, 0.1) is 6.92 Å². The van der Waals surface area contributed by atoms with Gasteiger partial charge in [-0.05, 0) is 37.4 Å². The zero-order chi connectivity index (χ0) is 17.6. The molecule has 25 heavy (non-hydrogen) atoms. The largest absolute Gasteiger partial charge is 0.337 e. The fraction of sp³-hybridized carbons (Fsp3) is 0.278. The number of aromatic nitrogens is 3. The van der Waals surface area contributed by atoms with Crippen LogP contribution in [0.15, 0.2) is 53.0 Å². The molecule has 1 amide bonds. The molecule has 0 spiro atoms. The molecule has 3 rings (SSSR count). The van der Waals surface area contributed by atoms with Crippen LogP contribution in [0.5, 0.6) is 0 Å². The van der Waals surface area contributed by atoms with Crippen LogP contribution < -0.4 is 0 Å². The molecule has 0 N–H and O–H groups in total. The van der Waals surface area contributed by atoms with E-state index in [4.69, 9.17) is 0 Å². The van der Waals surface area contributed by atoms with Crippen molar-refractivity contribution in [1.82, 2.24) is 19.7 Å². The molecule has 130 valence electrons. The molecule has 0 bridgehead atoms. The monoisotopic (exact) mass is 372 g/mol. The van der Waals surface area contributed by atoms with E-state index in [0.29, 0.717) is 18.8 Å². The summed E-state index contributed by atoms with van der Waals surface area (Å²) < 4.78 is 1.98. The van der Waals surface area contributed by atoms with Gasteiger partial charge >= 0.3 is 0 Å². The van der Waals surface area contributed by atoms with Crippen molar-refractivity contribution in [1.29, 1.82) is 0 Å². The highest BCUT2D eigenvalue weighted by atomic mass is 32.2. The molecule has 0 saturated carbocycles. The van der Waals surface area contributed by atoms with Gasteiger partial charge in [0.2, 0.25) is 5.91 Å². The Balaban J connectivity index is 1.68. The van der Waals surface area contributed by atoms with Gasteiger partial charge in [-0.15, -0.1) is 21.5 Å². The summed E-state index contributed by atoms with van der Waals surface area (Å²) in [5.74, 6) is 1.28. The highest BCUT2D eigenvalue weighted by Crippen LogP contribution is 2.22. The first-order valence-electron chi connectivity index (χ1n) is 8.09. The molecule has 7 heteroatoms. The molecule has 1 aromatic carbocycles. The summed E-state index contributed by atoms with van der Waals surface area (Å²) in [6.07, 6.45) is 0. The first-order valence-corrected chi connectivity index (χ1v) is 9.96. The number of aryl methyl sites for hydroxylation is 1. The number of hydrogen-bond acceptors (Lipinski definition) is 5. The molecular formula is C18H20N4OS2. The van der Waals surface area contributed by atoms with Crippen LogP contribution >= 0.6 is 23.1 Å². The molecule has 0 atom stereocenters. The summed E-state index contributed by atoms with van der Waals surface area (Å²) in [5, 5.41) is 11.2. The number of carbonyl (C=O) groups excluding carboxylic acids is 1.